The number of hydrogen-bond acceptors (Lipinski definition) is 3. The second-order valence-electron chi connectivity index (χ2n) is 15.5. The summed E-state index contributed by atoms with van der Waals surface area (Å²) in [5.41, 5.74) is -29.0. The van der Waals surface area contributed by atoms with E-state index in [9.17, 15) is 105 Å². The van der Waals surface area contributed by atoms with E-state index < -0.39 is 195 Å². The molecule has 1 N–H and O–H groups in total. The van der Waals surface area contributed by atoms with Gasteiger partial charge in [-0.3, -0.25) is 0 Å². The zero-order valence-corrected chi connectivity index (χ0v) is 35.4. The molecule has 0 atom stereocenters. The van der Waals surface area contributed by atoms with Gasteiger partial charge in [-0.05, 0) is 24.3 Å². The molecule has 29 heteroatoms. The first-order valence-corrected chi connectivity index (χ1v) is 19.6. The van der Waals surface area contributed by atoms with Crippen LogP contribution in [-0.2, 0) is 56.0 Å². The van der Waals surface area contributed by atoms with Gasteiger partial charge >= 0.3 is 55.3 Å². The highest BCUT2D eigenvalue weighted by Crippen LogP contribution is 2.41. The zero-order chi connectivity index (χ0) is 55.1. The molecule has 6 rings (SSSR count). The van der Waals surface area contributed by atoms with Gasteiger partial charge in [0.05, 0.1) is 50.7 Å². The summed E-state index contributed by atoms with van der Waals surface area (Å²) in [7, 11) is 0. The van der Waals surface area contributed by atoms with Crippen molar-refractivity contribution >= 4 is 28.0 Å². The summed E-state index contributed by atoms with van der Waals surface area (Å²) in [6.45, 7) is 0.346. The summed E-state index contributed by atoms with van der Waals surface area (Å²) in [6.07, 6.45) is -49.7. The van der Waals surface area contributed by atoms with Crippen molar-refractivity contribution in [1.29, 1.82) is 0 Å². The lowest BCUT2D eigenvalue weighted by atomic mass is 9.12. The molecular weight excluding hydrogens is 1060 g/mol. The van der Waals surface area contributed by atoms with Crippen LogP contribution in [0.4, 0.5) is 105 Å². The van der Waals surface area contributed by atoms with Gasteiger partial charge in [-0.1, -0.05) is 78.9 Å². The number of halogens is 24. The van der Waals surface area contributed by atoms with Gasteiger partial charge in [0.25, 0.3) is 0 Å². The first-order chi connectivity index (χ1) is 33.2. The van der Waals surface area contributed by atoms with Gasteiger partial charge in [0, 0.05) is 5.56 Å². The number of aromatic nitrogens is 2. The van der Waals surface area contributed by atoms with E-state index in [1.807, 2.05) is 41.1 Å². The fraction of sp³-hybridized carbons (Fsp3) is 0.227. The molecule has 0 aliphatic rings. The van der Waals surface area contributed by atoms with E-state index in [1.165, 1.54) is 5.56 Å². The normalized spacial score (nSPS) is 13.4. The minimum atomic E-state index is -6.13. The van der Waals surface area contributed by atoms with Crippen LogP contribution in [0.3, 0.4) is 0 Å². The highest BCUT2D eigenvalue weighted by atomic mass is 19.4. The summed E-state index contributed by atoms with van der Waals surface area (Å²) >= 11 is 0. The van der Waals surface area contributed by atoms with Gasteiger partial charge < -0.3 is 9.84 Å². The number of benzene rings is 5. The average Bonchev–Trinajstić information content (AvgIpc) is 3.25. The summed E-state index contributed by atoms with van der Waals surface area (Å²) in [4.78, 5) is 3.95. The minimum Gasteiger partial charge on any atom is -0.416 e. The van der Waals surface area contributed by atoms with Crippen molar-refractivity contribution < 1.29 is 120 Å². The lowest BCUT2D eigenvalue weighted by molar-refractivity contribution is -0.694. The standard InChI is InChI=1S/C32H12BF24.C12H13N2O2/c34-25(35,36)13-1-14(26(37,38)39)6-21(5-13)33(22-7-15(27(40,41)42)2-16(8-22)28(43,44)45,23-9-17(29(46,47)48)3-18(10-23)30(49,50)51)24-11-19(31(52,53)54)4-20(12-24)32(55,56)57;15-10-16-12-8-13-6-7-14(12)9-11-4-2-1-3-5-11/h1-12H;1-8,15H,9-10H2/q-1;+1. The van der Waals surface area contributed by atoms with Gasteiger partial charge in [0.1, 0.15) is 12.3 Å². The second-order valence-corrected chi connectivity index (χ2v) is 15.5. The number of aliphatic hydroxyl groups is 1. The van der Waals surface area contributed by atoms with Crippen molar-refractivity contribution in [2.45, 2.75) is 56.0 Å². The molecule has 0 bridgehead atoms. The molecule has 4 nitrogen and oxygen atoms in total. The molecule has 0 amide bonds. The Kier molecular flexibility index (Phi) is 15.7. The zero-order valence-electron chi connectivity index (χ0n) is 35.4. The largest absolute Gasteiger partial charge is 0.416 e. The van der Waals surface area contributed by atoms with E-state index in [0.29, 0.717) is 12.4 Å². The molecule has 0 aliphatic carbocycles. The van der Waals surface area contributed by atoms with Crippen molar-refractivity contribution in [2.24, 2.45) is 0 Å². The van der Waals surface area contributed by atoms with Crippen LogP contribution < -0.4 is 31.2 Å². The third-order valence-electron chi connectivity index (χ3n) is 10.6. The predicted molar refractivity (Wildman–Crippen MR) is 208 cm³/mol. The molecule has 1 heterocycles. The van der Waals surface area contributed by atoms with Crippen LogP contribution in [0.5, 0.6) is 5.88 Å². The van der Waals surface area contributed by atoms with Crippen LogP contribution in [0.1, 0.15) is 50.1 Å². The maximum absolute atomic E-state index is 14.2. The molecule has 6 aromatic rings. The Labute approximate surface area is 393 Å². The summed E-state index contributed by atoms with van der Waals surface area (Å²) in [5.74, 6) is 0.550. The molecule has 0 spiro atoms. The van der Waals surface area contributed by atoms with Gasteiger partial charge in [-0.25, -0.2) is 4.98 Å². The summed E-state index contributed by atoms with van der Waals surface area (Å²) in [5, 5.41) is 8.75. The van der Waals surface area contributed by atoms with E-state index in [4.69, 9.17) is 9.84 Å². The Balaban J connectivity index is 0.000000520. The fourth-order valence-corrected chi connectivity index (χ4v) is 7.54. The molecule has 394 valence electrons. The number of ether oxygens (including phenoxy) is 1. The molecule has 0 unspecified atom stereocenters. The minimum absolute atomic E-state index is 0.347. The molecule has 0 saturated carbocycles. The Morgan fingerprint density at radius 3 is 0.890 bits per heavy atom. The highest BCUT2D eigenvalue weighted by Gasteiger charge is 2.47. The maximum atomic E-state index is 14.2. The van der Waals surface area contributed by atoms with E-state index in [2.05, 4.69) is 4.98 Å². The number of aliphatic hydroxyl groups excluding tert-OH is 1. The number of nitrogens with zero attached hydrogens (tertiary/aromatic N) is 2. The van der Waals surface area contributed by atoms with Crippen molar-refractivity contribution in [3.8, 4) is 5.88 Å². The van der Waals surface area contributed by atoms with Crippen molar-refractivity contribution in [3.05, 3.63) is 172 Å². The maximum Gasteiger partial charge on any atom is 0.416 e. The summed E-state index contributed by atoms with van der Waals surface area (Å²) in [6, 6.07) is 1.22. The first-order valence-electron chi connectivity index (χ1n) is 19.6. The lowest BCUT2D eigenvalue weighted by Gasteiger charge is -2.46. The average molecular weight is 1080 g/mol. The molecular formula is C44H25BF24N2O2. The first kappa shape index (κ1) is 57.2. The third-order valence-corrected chi connectivity index (χ3v) is 10.6. The third kappa shape index (κ3) is 13.5. The highest BCUT2D eigenvalue weighted by molar-refractivity contribution is 7.20. The number of alkyl halides is 24. The van der Waals surface area contributed by atoms with Crippen LogP contribution in [0.15, 0.2) is 122 Å². The Morgan fingerprint density at radius 2 is 0.658 bits per heavy atom. The van der Waals surface area contributed by atoms with E-state index in [0.717, 1.165) is 0 Å². The Bertz CT molecular complexity index is 2460. The van der Waals surface area contributed by atoms with Crippen molar-refractivity contribution in [3.63, 3.8) is 0 Å². The van der Waals surface area contributed by atoms with E-state index in [-0.39, 0.29) is 6.79 Å². The number of rotatable bonds is 8. The fourth-order valence-electron chi connectivity index (χ4n) is 7.54. The van der Waals surface area contributed by atoms with Crippen molar-refractivity contribution in [2.75, 3.05) is 6.79 Å². The quantitative estimate of drug-likeness (QED) is 0.0715. The van der Waals surface area contributed by atoms with Crippen LogP contribution in [-0.4, -0.2) is 23.0 Å². The van der Waals surface area contributed by atoms with Gasteiger partial charge in [0.15, 0.2) is 19.5 Å². The van der Waals surface area contributed by atoms with Crippen molar-refractivity contribution in [1.82, 2.24) is 4.98 Å². The summed E-state index contributed by atoms with van der Waals surface area (Å²) < 4.78 is 348. The molecule has 5 aromatic carbocycles. The van der Waals surface area contributed by atoms with Crippen LogP contribution >= 0.6 is 0 Å². The molecule has 0 fully saturated rings. The molecule has 0 aliphatic heterocycles. The van der Waals surface area contributed by atoms with Gasteiger partial charge in [-0.2, -0.15) is 132 Å². The van der Waals surface area contributed by atoms with Gasteiger partial charge in [0.2, 0.25) is 0 Å². The molecule has 73 heavy (non-hydrogen) atoms. The monoisotopic (exact) mass is 1080 g/mol. The Hall–Kier alpha value is -6.68. The number of hydrogen-bond donors (Lipinski definition) is 1. The SMILES string of the molecule is FC(F)(F)c1cc([B-](c2cc(C(F)(F)F)cc(C(F)(F)F)c2)(c2cc(C(F)(F)F)cc(C(F)(F)F)c2)c2cc(C(F)(F)F)cc(C(F)(F)F)c2)cc(C(F)(F)F)c1.OCOc1cncc[n+]1Cc1ccccc1. The molecule has 0 radical (unpaired) electrons. The lowest BCUT2D eigenvalue weighted by Crippen LogP contribution is -2.75. The van der Waals surface area contributed by atoms with Crippen LogP contribution in [0, 0.1) is 0 Å². The van der Waals surface area contributed by atoms with E-state index in [1.54, 1.807) is 12.4 Å². The Morgan fingerprint density at radius 1 is 0.397 bits per heavy atom. The predicted octanol–water partition coefficient (Wildman–Crippen LogP) is 12.0. The molecule has 0 saturated heterocycles. The topological polar surface area (TPSA) is 46.2 Å². The molecule has 1 aromatic heterocycles. The van der Waals surface area contributed by atoms with E-state index >= 15 is 0 Å². The van der Waals surface area contributed by atoms with Gasteiger partial charge in [-0.15, -0.1) is 0 Å². The van der Waals surface area contributed by atoms with Crippen LogP contribution in [0.2, 0.25) is 0 Å². The van der Waals surface area contributed by atoms with Crippen LogP contribution in [0.25, 0.3) is 0 Å². The second kappa shape index (κ2) is 20.0. The smallest absolute Gasteiger partial charge is 0.416 e.